The average molecular weight is 235 g/mol. The summed E-state index contributed by atoms with van der Waals surface area (Å²) in [7, 11) is -2.78. The average Bonchev–Trinajstić information content (AvgIpc) is 2.17. The van der Waals surface area contributed by atoms with Crippen molar-refractivity contribution in [2.75, 3.05) is 0 Å². The van der Waals surface area contributed by atoms with E-state index in [0.717, 1.165) is 5.56 Å². The van der Waals surface area contributed by atoms with Gasteiger partial charge in [0.05, 0.1) is 6.07 Å². The zero-order chi connectivity index (χ0) is 12.2. The maximum absolute atomic E-state index is 14.3. The summed E-state index contributed by atoms with van der Waals surface area (Å²) in [6.45, 7) is 5.41. The van der Waals surface area contributed by atoms with Crippen LogP contribution < -0.4 is 0 Å². The third-order valence-electron chi connectivity index (χ3n) is 2.88. The summed E-state index contributed by atoms with van der Waals surface area (Å²) in [5.41, 5.74) is 0.942. The molecule has 0 bridgehead atoms. The molecule has 0 spiro atoms. The predicted molar refractivity (Wildman–Crippen MR) is 67.2 cm³/mol. The van der Waals surface area contributed by atoms with Crippen LogP contribution in [0.1, 0.15) is 24.4 Å². The SMILES string of the molecule is CC(CC#N)C(c1ccccc1)[Si](C)(C)F. The van der Waals surface area contributed by atoms with E-state index in [1.807, 2.05) is 37.3 Å². The van der Waals surface area contributed by atoms with E-state index < -0.39 is 8.41 Å². The Labute approximate surface area is 98.1 Å². The summed E-state index contributed by atoms with van der Waals surface area (Å²) in [5, 5.41) is 8.74. The Kier molecular flexibility index (Phi) is 4.25. The van der Waals surface area contributed by atoms with Crippen LogP contribution in [0.2, 0.25) is 13.1 Å². The lowest BCUT2D eigenvalue weighted by Gasteiger charge is -2.29. The Morgan fingerprint density at radius 1 is 1.31 bits per heavy atom. The van der Waals surface area contributed by atoms with Crippen molar-refractivity contribution in [1.82, 2.24) is 0 Å². The molecule has 2 atom stereocenters. The summed E-state index contributed by atoms with van der Waals surface area (Å²) in [6.07, 6.45) is 0.417. The molecule has 1 rings (SSSR count). The van der Waals surface area contributed by atoms with E-state index in [9.17, 15) is 4.11 Å². The lowest BCUT2D eigenvalue weighted by Crippen LogP contribution is -2.34. The number of hydrogen-bond acceptors (Lipinski definition) is 1. The molecule has 0 aliphatic heterocycles. The van der Waals surface area contributed by atoms with Crippen LogP contribution in [-0.2, 0) is 0 Å². The van der Waals surface area contributed by atoms with Gasteiger partial charge in [0.25, 0.3) is 0 Å². The van der Waals surface area contributed by atoms with E-state index in [0.29, 0.717) is 6.42 Å². The van der Waals surface area contributed by atoms with Crippen molar-refractivity contribution in [1.29, 1.82) is 5.26 Å². The highest BCUT2D eigenvalue weighted by molar-refractivity contribution is 6.72. The second-order valence-corrected chi connectivity index (χ2v) is 8.54. The minimum atomic E-state index is -2.78. The summed E-state index contributed by atoms with van der Waals surface area (Å²) >= 11 is 0. The lowest BCUT2D eigenvalue weighted by atomic mass is 9.98. The van der Waals surface area contributed by atoms with E-state index in [1.54, 1.807) is 13.1 Å². The molecule has 1 nitrogen and oxygen atoms in total. The lowest BCUT2D eigenvalue weighted by molar-refractivity contribution is 0.529. The predicted octanol–water partition coefficient (Wildman–Crippen LogP) is 4.03. The Hall–Kier alpha value is -1.14. The number of halogens is 1. The molecule has 1 aromatic carbocycles. The molecule has 3 heteroatoms. The molecule has 0 aliphatic carbocycles. The second-order valence-electron chi connectivity index (χ2n) is 4.79. The standard InChI is InChI=1S/C13H18FNSi/c1-11(9-10-15)13(16(2,3)14)12-7-5-4-6-8-12/h4-8,11,13H,9H2,1-3H3. The monoisotopic (exact) mass is 235 g/mol. The fourth-order valence-electron chi connectivity index (χ4n) is 2.32. The highest BCUT2D eigenvalue weighted by Crippen LogP contribution is 2.36. The minimum absolute atomic E-state index is 0.0825. The second kappa shape index (κ2) is 5.27. The first-order valence-electron chi connectivity index (χ1n) is 5.57. The quantitative estimate of drug-likeness (QED) is 0.571. The maximum Gasteiger partial charge on any atom is 0.248 e. The van der Waals surface area contributed by atoms with Gasteiger partial charge in [0.1, 0.15) is 0 Å². The van der Waals surface area contributed by atoms with Crippen molar-refractivity contribution >= 4 is 8.41 Å². The molecule has 0 aromatic heterocycles. The van der Waals surface area contributed by atoms with Gasteiger partial charge >= 0.3 is 0 Å². The number of rotatable bonds is 4. The zero-order valence-corrected chi connectivity index (χ0v) is 11.1. The Morgan fingerprint density at radius 2 is 1.88 bits per heavy atom. The van der Waals surface area contributed by atoms with Crippen molar-refractivity contribution in [2.24, 2.45) is 5.92 Å². The molecule has 1 aromatic rings. The molecular formula is C13H18FNSi. The molecule has 0 N–H and O–H groups in total. The fraction of sp³-hybridized carbons (Fsp3) is 0.462. The van der Waals surface area contributed by atoms with Gasteiger partial charge in [-0.25, -0.2) is 0 Å². The first-order valence-corrected chi connectivity index (χ1v) is 8.53. The van der Waals surface area contributed by atoms with Crippen molar-refractivity contribution in [3.8, 4) is 6.07 Å². The van der Waals surface area contributed by atoms with Crippen molar-refractivity contribution in [3.05, 3.63) is 35.9 Å². The first kappa shape index (κ1) is 12.9. The smallest absolute Gasteiger partial charge is 0.248 e. The molecule has 0 saturated heterocycles. The minimum Gasteiger partial charge on any atom is -0.314 e. The van der Waals surface area contributed by atoms with Gasteiger partial charge < -0.3 is 4.11 Å². The van der Waals surface area contributed by atoms with E-state index >= 15 is 0 Å². The topological polar surface area (TPSA) is 23.8 Å². The van der Waals surface area contributed by atoms with Crippen LogP contribution in [0, 0.1) is 17.2 Å². The number of benzene rings is 1. The van der Waals surface area contributed by atoms with E-state index in [4.69, 9.17) is 5.26 Å². The highest BCUT2D eigenvalue weighted by Gasteiger charge is 2.37. The van der Waals surface area contributed by atoms with Crippen LogP contribution >= 0.6 is 0 Å². The van der Waals surface area contributed by atoms with Crippen molar-refractivity contribution in [3.63, 3.8) is 0 Å². The molecule has 16 heavy (non-hydrogen) atoms. The Balaban J connectivity index is 3.03. The molecule has 0 radical (unpaired) electrons. The largest absolute Gasteiger partial charge is 0.314 e. The summed E-state index contributed by atoms with van der Waals surface area (Å²) in [4.78, 5) is 0. The van der Waals surface area contributed by atoms with Gasteiger partial charge in [-0.15, -0.1) is 0 Å². The summed E-state index contributed by atoms with van der Waals surface area (Å²) in [6, 6.07) is 11.9. The van der Waals surface area contributed by atoms with E-state index in [2.05, 4.69) is 6.07 Å². The molecule has 0 amide bonds. The van der Waals surface area contributed by atoms with Crippen molar-refractivity contribution in [2.45, 2.75) is 32.0 Å². The van der Waals surface area contributed by atoms with Crippen LogP contribution in [0.5, 0.6) is 0 Å². The molecule has 2 unspecified atom stereocenters. The molecule has 0 saturated carbocycles. The van der Waals surface area contributed by atoms with Crippen LogP contribution in [0.3, 0.4) is 0 Å². The van der Waals surface area contributed by atoms with Gasteiger partial charge in [-0.2, -0.15) is 5.26 Å². The molecule has 86 valence electrons. The Bertz CT molecular complexity index is 364. The maximum atomic E-state index is 14.3. The van der Waals surface area contributed by atoms with E-state index in [-0.39, 0.29) is 11.5 Å². The van der Waals surface area contributed by atoms with Gasteiger partial charge in [-0.05, 0) is 24.6 Å². The number of hydrogen-bond donors (Lipinski definition) is 0. The van der Waals surface area contributed by atoms with Gasteiger partial charge in [0, 0.05) is 12.0 Å². The molecular weight excluding hydrogens is 217 g/mol. The number of nitriles is 1. The molecule has 0 heterocycles. The van der Waals surface area contributed by atoms with Crippen LogP contribution in [-0.4, -0.2) is 8.41 Å². The third kappa shape index (κ3) is 3.18. The number of nitrogens with zero attached hydrogens (tertiary/aromatic N) is 1. The summed E-state index contributed by atoms with van der Waals surface area (Å²) in [5.74, 6) is 0.0825. The van der Waals surface area contributed by atoms with Crippen molar-refractivity contribution < 1.29 is 4.11 Å². The first-order chi connectivity index (χ1) is 7.46. The Morgan fingerprint density at radius 3 is 2.31 bits per heavy atom. The van der Waals surface area contributed by atoms with Crippen LogP contribution in [0.15, 0.2) is 30.3 Å². The zero-order valence-electron chi connectivity index (χ0n) is 10.1. The normalized spacial score (nSPS) is 15.2. The van der Waals surface area contributed by atoms with Gasteiger partial charge in [-0.3, -0.25) is 0 Å². The fourth-order valence-corrected chi connectivity index (χ4v) is 4.78. The van der Waals surface area contributed by atoms with Crippen LogP contribution in [0.4, 0.5) is 4.11 Å². The molecule has 0 fully saturated rings. The van der Waals surface area contributed by atoms with E-state index in [1.165, 1.54) is 0 Å². The third-order valence-corrected chi connectivity index (χ3v) is 5.26. The van der Waals surface area contributed by atoms with Gasteiger partial charge in [0.15, 0.2) is 0 Å². The molecule has 0 aliphatic rings. The van der Waals surface area contributed by atoms with Gasteiger partial charge in [-0.1, -0.05) is 37.3 Å². The highest BCUT2D eigenvalue weighted by atomic mass is 28.4. The van der Waals surface area contributed by atoms with Gasteiger partial charge in [0.2, 0.25) is 8.41 Å². The summed E-state index contributed by atoms with van der Waals surface area (Å²) < 4.78 is 14.3. The van der Waals surface area contributed by atoms with Crippen LogP contribution in [0.25, 0.3) is 0 Å².